The lowest BCUT2D eigenvalue weighted by molar-refractivity contribution is 0.103. The highest BCUT2D eigenvalue weighted by atomic mass is 127. The number of carbonyl (C=O) groups is 1. The normalized spacial score (nSPS) is 12.9. The van der Waals surface area contributed by atoms with Crippen LogP contribution in [0.2, 0.25) is 5.02 Å². The number of hydrogen-bond donors (Lipinski definition) is 1. The molecule has 2 aromatic rings. The molecule has 0 radical (unpaired) electrons. The van der Waals surface area contributed by atoms with Gasteiger partial charge in [0, 0.05) is 32.0 Å². The molecule has 2 nitrogen and oxygen atoms in total. The molecule has 19 heavy (non-hydrogen) atoms. The molecule has 1 N–H and O–H groups in total. The van der Waals surface area contributed by atoms with Crippen LogP contribution in [0.1, 0.15) is 21.5 Å². The molecule has 0 saturated carbocycles. The van der Waals surface area contributed by atoms with Gasteiger partial charge in [0.25, 0.3) is 0 Å². The van der Waals surface area contributed by atoms with Gasteiger partial charge in [-0.15, -0.1) is 0 Å². The van der Waals surface area contributed by atoms with Crippen molar-refractivity contribution in [1.29, 1.82) is 0 Å². The molecular formula is C15H11ClINO. The molecule has 0 saturated heterocycles. The predicted octanol–water partition coefficient (Wildman–Crippen LogP) is 4.14. The Morgan fingerprint density at radius 3 is 2.68 bits per heavy atom. The molecule has 2 aromatic carbocycles. The Morgan fingerprint density at radius 2 is 1.95 bits per heavy atom. The summed E-state index contributed by atoms with van der Waals surface area (Å²) in [5.41, 5.74) is 3.43. The first kappa shape index (κ1) is 12.9. The van der Waals surface area contributed by atoms with Crippen LogP contribution in [0.4, 0.5) is 5.69 Å². The van der Waals surface area contributed by atoms with Crippen molar-refractivity contribution in [3.8, 4) is 0 Å². The van der Waals surface area contributed by atoms with E-state index in [2.05, 4.69) is 27.9 Å². The lowest BCUT2D eigenvalue weighted by Gasteiger charge is -2.09. The van der Waals surface area contributed by atoms with E-state index in [0.29, 0.717) is 16.1 Å². The lowest BCUT2D eigenvalue weighted by Crippen LogP contribution is -2.05. The second-order valence-corrected chi connectivity index (χ2v) is 6.18. The average Bonchev–Trinajstić information content (AvgIpc) is 2.85. The SMILES string of the molecule is O=C(c1ccc(I)cc1)c1cc(Cl)cc2c1NCC2. The van der Waals surface area contributed by atoms with E-state index in [4.69, 9.17) is 11.6 Å². The average molecular weight is 384 g/mol. The van der Waals surface area contributed by atoms with Gasteiger partial charge in [0.05, 0.1) is 0 Å². The third-order valence-electron chi connectivity index (χ3n) is 3.23. The van der Waals surface area contributed by atoms with Crippen LogP contribution in [0.5, 0.6) is 0 Å². The number of halogens is 2. The van der Waals surface area contributed by atoms with Gasteiger partial charge in [-0.2, -0.15) is 0 Å². The van der Waals surface area contributed by atoms with Crippen LogP contribution in [-0.2, 0) is 6.42 Å². The second-order valence-electron chi connectivity index (χ2n) is 4.50. The molecule has 0 spiro atoms. The highest BCUT2D eigenvalue weighted by molar-refractivity contribution is 14.1. The molecule has 0 aliphatic carbocycles. The number of benzene rings is 2. The maximum atomic E-state index is 12.6. The molecule has 0 fully saturated rings. The summed E-state index contributed by atoms with van der Waals surface area (Å²) in [5.74, 6) is 0.0181. The standard InChI is InChI=1S/C15H11ClINO/c16-11-7-10-5-6-18-14(10)13(8-11)15(19)9-1-3-12(17)4-2-9/h1-4,7-8,18H,5-6H2. The molecule has 4 heteroatoms. The van der Waals surface area contributed by atoms with E-state index < -0.39 is 0 Å². The van der Waals surface area contributed by atoms with Crippen LogP contribution >= 0.6 is 34.2 Å². The van der Waals surface area contributed by atoms with Crippen LogP contribution in [0.3, 0.4) is 0 Å². The minimum Gasteiger partial charge on any atom is -0.384 e. The van der Waals surface area contributed by atoms with Crippen molar-refractivity contribution in [2.45, 2.75) is 6.42 Å². The van der Waals surface area contributed by atoms with Gasteiger partial charge in [-0.05, 0) is 71.0 Å². The van der Waals surface area contributed by atoms with Crippen LogP contribution in [0.25, 0.3) is 0 Å². The van der Waals surface area contributed by atoms with Crippen molar-refractivity contribution in [3.05, 3.63) is 61.7 Å². The highest BCUT2D eigenvalue weighted by Crippen LogP contribution is 2.31. The molecule has 1 aliphatic heterocycles. The van der Waals surface area contributed by atoms with Crippen molar-refractivity contribution in [2.75, 3.05) is 11.9 Å². The molecular weight excluding hydrogens is 373 g/mol. The fourth-order valence-electron chi connectivity index (χ4n) is 2.33. The predicted molar refractivity (Wildman–Crippen MR) is 86.2 cm³/mol. The van der Waals surface area contributed by atoms with Crippen molar-refractivity contribution < 1.29 is 4.79 Å². The summed E-state index contributed by atoms with van der Waals surface area (Å²) in [6.45, 7) is 0.864. The van der Waals surface area contributed by atoms with Crippen LogP contribution < -0.4 is 5.32 Å². The minimum atomic E-state index is 0.0181. The molecule has 96 valence electrons. The summed E-state index contributed by atoms with van der Waals surface area (Å²) in [6, 6.07) is 11.3. The molecule has 0 atom stereocenters. The van der Waals surface area contributed by atoms with Crippen molar-refractivity contribution in [2.24, 2.45) is 0 Å². The zero-order valence-corrected chi connectivity index (χ0v) is 13.0. The molecule has 0 amide bonds. The Bertz CT molecular complexity index is 652. The van der Waals surface area contributed by atoms with Crippen molar-refractivity contribution >= 4 is 45.7 Å². The number of hydrogen-bond acceptors (Lipinski definition) is 2. The van der Waals surface area contributed by atoms with Crippen LogP contribution in [0.15, 0.2) is 36.4 Å². The summed E-state index contributed by atoms with van der Waals surface area (Å²) < 4.78 is 1.11. The largest absolute Gasteiger partial charge is 0.384 e. The van der Waals surface area contributed by atoms with E-state index >= 15 is 0 Å². The molecule has 0 aromatic heterocycles. The quantitative estimate of drug-likeness (QED) is 0.624. The third-order valence-corrected chi connectivity index (χ3v) is 4.17. The summed E-state index contributed by atoms with van der Waals surface area (Å²) in [5, 5.41) is 3.90. The summed E-state index contributed by atoms with van der Waals surface area (Å²) in [6.07, 6.45) is 0.920. The Labute approximate surface area is 130 Å². The zero-order valence-electron chi connectivity index (χ0n) is 10.0. The fourth-order valence-corrected chi connectivity index (χ4v) is 2.93. The van der Waals surface area contributed by atoms with E-state index in [9.17, 15) is 4.79 Å². The highest BCUT2D eigenvalue weighted by Gasteiger charge is 2.20. The molecule has 0 unspecified atom stereocenters. The summed E-state index contributed by atoms with van der Waals surface area (Å²) >= 11 is 8.33. The van der Waals surface area contributed by atoms with E-state index in [1.54, 1.807) is 6.07 Å². The third kappa shape index (κ3) is 2.49. The minimum absolute atomic E-state index is 0.0181. The van der Waals surface area contributed by atoms with Gasteiger partial charge < -0.3 is 5.32 Å². The number of carbonyl (C=O) groups excluding carboxylic acids is 1. The lowest BCUT2D eigenvalue weighted by atomic mass is 9.99. The zero-order chi connectivity index (χ0) is 13.4. The summed E-state index contributed by atoms with van der Waals surface area (Å²) in [4.78, 5) is 12.6. The van der Waals surface area contributed by atoms with Gasteiger partial charge in [-0.1, -0.05) is 11.6 Å². The van der Waals surface area contributed by atoms with Crippen molar-refractivity contribution in [1.82, 2.24) is 0 Å². The van der Waals surface area contributed by atoms with Gasteiger partial charge >= 0.3 is 0 Å². The Kier molecular flexibility index (Phi) is 3.50. The number of ketones is 1. The monoisotopic (exact) mass is 383 g/mol. The van der Waals surface area contributed by atoms with Gasteiger partial charge in [-0.25, -0.2) is 0 Å². The fraction of sp³-hybridized carbons (Fsp3) is 0.133. The number of nitrogens with one attached hydrogen (secondary N) is 1. The first-order valence-corrected chi connectivity index (χ1v) is 7.47. The van der Waals surface area contributed by atoms with Gasteiger partial charge in [0.1, 0.15) is 0 Å². The number of rotatable bonds is 2. The van der Waals surface area contributed by atoms with Crippen molar-refractivity contribution in [3.63, 3.8) is 0 Å². The van der Waals surface area contributed by atoms with E-state index in [1.165, 1.54) is 0 Å². The first-order chi connectivity index (χ1) is 9.15. The topological polar surface area (TPSA) is 29.1 Å². The van der Waals surface area contributed by atoms with Gasteiger partial charge in [0.15, 0.2) is 5.78 Å². The maximum absolute atomic E-state index is 12.6. The smallest absolute Gasteiger partial charge is 0.195 e. The molecule has 1 heterocycles. The Hall–Kier alpha value is -1.07. The van der Waals surface area contributed by atoms with Gasteiger partial charge in [0.2, 0.25) is 0 Å². The van der Waals surface area contributed by atoms with E-state index in [1.807, 2.05) is 30.3 Å². The second kappa shape index (κ2) is 5.13. The number of anilines is 1. The molecule has 0 bridgehead atoms. The first-order valence-electron chi connectivity index (χ1n) is 6.02. The summed E-state index contributed by atoms with van der Waals surface area (Å²) in [7, 11) is 0. The van der Waals surface area contributed by atoms with Crippen LogP contribution in [0, 0.1) is 3.57 Å². The van der Waals surface area contributed by atoms with Crippen LogP contribution in [-0.4, -0.2) is 12.3 Å². The number of fused-ring (bicyclic) bond motifs is 1. The molecule has 1 aliphatic rings. The Balaban J connectivity index is 2.07. The Morgan fingerprint density at radius 1 is 1.21 bits per heavy atom. The maximum Gasteiger partial charge on any atom is 0.195 e. The van der Waals surface area contributed by atoms with E-state index in [0.717, 1.165) is 27.8 Å². The van der Waals surface area contributed by atoms with E-state index in [-0.39, 0.29) is 5.78 Å². The molecule has 3 rings (SSSR count). The van der Waals surface area contributed by atoms with Gasteiger partial charge in [-0.3, -0.25) is 4.79 Å².